The number of allylic oxidation sites excluding steroid dienone is 4. The second-order valence-electron chi connectivity index (χ2n) is 12.4. The van der Waals surface area contributed by atoms with Gasteiger partial charge in [-0.1, -0.05) is 18.2 Å². The van der Waals surface area contributed by atoms with E-state index in [4.69, 9.17) is 58.5 Å². The number of fused-ring (bicyclic) bond motifs is 1. The number of phenolic OH excluding ortho intramolecular Hbond substituents is 1. The average Bonchev–Trinajstić information content (AvgIpc) is 3.18. The summed E-state index contributed by atoms with van der Waals surface area (Å²) in [4.78, 5) is -0.299. The molecule has 0 fully saturated rings. The topological polar surface area (TPSA) is 217 Å². The van der Waals surface area contributed by atoms with Crippen LogP contribution in [0.4, 0.5) is 5.69 Å². The molecule has 0 amide bonds. The molecule has 0 heterocycles. The molecule has 3 aromatic carbocycles. The third-order valence-corrected chi connectivity index (χ3v) is 9.19. The molecular weight excluding hydrogens is 765 g/mol. The molecule has 3 aromatic rings. The van der Waals surface area contributed by atoms with Crippen LogP contribution in [0.25, 0.3) is 16.3 Å². The Bertz CT molecular complexity index is 1980. The van der Waals surface area contributed by atoms with Gasteiger partial charge in [-0.2, -0.15) is 8.42 Å². The molecule has 5 N–H and O–H groups in total. The van der Waals surface area contributed by atoms with Crippen LogP contribution in [0.2, 0.25) is 0 Å². The first-order valence-electron chi connectivity index (χ1n) is 18.1. The van der Waals surface area contributed by atoms with Gasteiger partial charge in [0.15, 0.2) is 13.6 Å². The summed E-state index contributed by atoms with van der Waals surface area (Å²) in [5.74, 6) is 0.425. The van der Waals surface area contributed by atoms with Gasteiger partial charge in [-0.05, 0) is 76.9 Å². The summed E-state index contributed by atoms with van der Waals surface area (Å²) in [5, 5.41) is 21.2. The van der Waals surface area contributed by atoms with E-state index in [1.807, 2.05) is 0 Å². The van der Waals surface area contributed by atoms with Crippen LogP contribution >= 0.6 is 0 Å². The molecule has 0 saturated heterocycles. The Balaban J connectivity index is 1.59. The molecular formula is C40H52N2O14S. The van der Waals surface area contributed by atoms with Crippen molar-refractivity contribution in [2.24, 2.45) is 0 Å². The fourth-order valence-electron chi connectivity index (χ4n) is 5.49. The molecule has 17 heteroatoms. The molecule has 1 aliphatic rings. The van der Waals surface area contributed by atoms with Gasteiger partial charge in [-0.15, -0.1) is 0 Å². The van der Waals surface area contributed by atoms with E-state index in [9.17, 15) is 18.1 Å². The van der Waals surface area contributed by atoms with Crippen LogP contribution in [0.1, 0.15) is 16.7 Å². The highest BCUT2D eigenvalue weighted by Gasteiger charge is 2.23. The zero-order valence-corrected chi connectivity index (χ0v) is 33.3. The van der Waals surface area contributed by atoms with Crippen molar-refractivity contribution in [3.63, 3.8) is 0 Å². The second-order valence-corrected chi connectivity index (χ2v) is 13.8. The summed E-state index contributed by atoms with van der Waals surface area (Å²) < 4.78 is 88.5. The van der Waals surface area contributed by atoms with E-state index in [0.717, 1.165) is 0 Å². The van der Waals surface area contributed by atoms with E-state index in [2.05, 4.69) is 0 Å². The van der Waals surface area contributed by atoms with Gasteiger partial charge in [-0.3, -0.25) is 9.96 Å². The van der Waals surface area contributed by atoms with Gasteiger partial charge in [0.25, 0.3) is 10.1 Å². The Hall–Kier alpha value is -4.40. The summed E-state index contributed by atoms with van der Waals surface area (Å²) in [6.45, 7) is 6.18. The van der Waals surface area contributed by atoms with Crippen molar-refractivity contribution < 1.29 is 65.4 Å². The Kier molecular flexibility index (Phi) is 18.9. The standard InChI is InChI=1S/C40H52N2O14S/c1-28-22-31-23-32(57(44,45)46)6-7-33(31)39(40(28)43)38(29-4-8-34(41)36(24-29)55-26-53-20-18-51-16-14-49-12-10-47-2)30-5-9-35(42)37(25-30)56-27-54-21-19-52-17-15-50-13-11-48-3/h4-9,22-25,41,43H,10-21,26-27,42H2,1-3H3,(H,44,45,46)/b38-29+,41-34?. The van der Waals surface area contributed by atoms with E-state index in [1.54, 1.807) is 63.6 Å². The zero-order chi connectivity index (χ0) is 41.0. The molecule has 0 bridgehead atoms. The van der Waals surface area contributed by atoms with Crippen LogP contribution in [0, 0.1) is 12.3 Å². The number of aryl methyl sites for hydroxylation is 1. The van der Waals surface area contributed by atoms with E-state index < -0.39 is 10.1 Å². The number of nitrogens with one attached hydrogen (secondary N) is 1. The number of rotatable bonds is 27. The number of nitrogen functional groups attached to an aromatic ring is 1. The van der Waals surface area contributed by atoms with Crippen molar-refractivity contribution in [2.75, 3.05) is 113 Å². The largest absolute Gasteiger partial charge is 0.507 e. The first kappa shape index (κ1) is 45.3. The fourth-order valence-corrected chi connectivity index (χ4v) is 6.00. The Morgan fingerprint density at radius 3 is 1.86 bits per heavy atom. The predicted molar refractivity (Wildman–Crippen MR) is 212 cm³/mol. The van der Waals surface area contributed by atoms with Crippen molar-refractivity contribution in [3.05, 3.63) is 88.7 Å². The molecule has 0 spiro atoms. The third kappa shape index (κ3) is 14.2. The first-order chi connectivity index (χ1) is 27.5. The van der Waals surface area contributed by atoms with Crippen LogP contribution in [-0.2, 0) is 52.7 Å². The van der Waals surface area contributed by atoms with Gasteiger partial charge < -0.3 is 58.2 Å². The number of ether oxygens (including phenoxy) is 10. The van der Waals surface area contributed by atoms with Gasteiger partial charge in [-0.25, -0.2) is 0 Å². The van der Waals surface area contributed by atoms with E-state index >= 15 is 0 Å². The number of nitrogens with two attached hydrogens (primary N) is 1. The minimum Gasteiger partial charge on any atom is -0.507 e. The first-order valence-corrected chi connectivity index (χ1v) is 19.6. The minimum absolute atomic E-state index is 0.0753. The lowest BCUT2D eigenvalue weighted by Gasteiger charge is -2.21. The molecule has 4 rings (SSSR count). The lowest BCUT2D eigenvalue weighted by molar-refractivity contribution is -0.0477. The third-order valence-electron chi connectivity index (χ3n) is 8.34. The predicted octanol–water partition coefficient (Wildman–Crippen LogP) is 4.66. The average molecular weight is 817 g/mol. The van der Waals surface area contributed by atoms with Crippen molar-refractivity contribution in [2.45, 2.75) is 11.8 Å². The second kappa shape index (κ2) is 23.7. The van der Waals surface area contributed by atoms with Crippen LogP contribution in [0.3, 0.4) is 0 Å². The van der Waals surface area contributed by atoms with Gasteiger partial charge in [0.1, 0.15) is 17.3 Å². The van der Waals surface area contributed by atoms with Crippen LogP contribution < -0.4 is 10.5 Å². The number of phenols is 1. The van der Waals surface area contributed by atoms with Gasteiger partial charge >= 0.3 is 0 Å². The summed E-state index contributed by atoms with van der Waals surface area (Å²) in [6, 6.07) is 10.8. The number of anilines is 1. The highest BCUT2D eigenvalue weighted by Crippen LogP contribution is 2.43. The lowest BCUT2D eigenvalue weighted by Crippen LogP contribution is -2.14. The summed E-state index contributed by atoms with van der Waals surface area (Å²) in [6.07, 6.45) is 4.91. The SMILES string of the molecule is COCCOCCOCCOCOC1=C/C(=C(\c2ccc(N)c(OCOCCOCCOCCOC)c2)c2c(O)c(C)cc3cc(S(=O)(=O)O)ccc23)C=CC1=N. The lowest BCUT2D eigenvalue weighted by atomic mass is 9.86. The van der Waals surface area contributed by atoms with Crippen LogP contribution in [-0.4, -0.2) is 131 Å². The molecule has 1 aliphatic carbocycles. The number of benzene rings is 3. The van der Waals surface area contributed by atoms with Crippen molar-refractivity contribution >= 4 is 37.9 Å². The Morgan fingerprint density at radius 1 is 0.719 bits per heavy atom. The van der Waals surface area contributed by atoms with Crippen LogP contribution in [0.5, 0.6) is 11.5 Å². The maximum atomic E-state index is 12.1. The Morgan fingerprint density at radius 2 is 1.28 bits per heavy atom. The quantitative estimate of drug-likeness (QED) is 0.0356. The molecule has 16 nitrogen and oxygen atoms in total. The highest BCUT2D eigenvalue weighted by molar-refractivity contribution is 7.85. The van der Waals surface area contributed by atoms with Gasteiger partial charge in [0.05, 0.1) is 95.6 Å². The maximum Gasteiger partial charge on any atom is 0.294 e. The monoisotopic (exact) mass is 816 g/mol. The van der Waals surface area contributed by atoms with Gasteiger partial charge in [0, 0.05) is 25.4 Å². The van der Waals surface area contributed by atoms with Crippen molar-refractivity contribution in [1.29, 1.82) is 5.41 Å². The number of methoxy groups -OCH3 is 2. The molecule has 0 aromatic heterocycles. The number of hydrogen-bond donors (Lipinski definition) is 4. The normalized spacial score (nSPS) is 14.0. The highest BCUT2D eigenvalue weighted by atomic mass is 32.2. The van der Waals surface area contributed by atoms with Crippen LogP contribution in [0.15, 0.2) is 76.9 Å². The minimum atomic E-state index is -4.52. The molecule has 0 radical (unpaired) electrons. The molecule has 0 atom stereocenters. The number of hydrogen-bond acceptors (Lipinski definition) is 15. The zero-order valence-electron chi connectivity index (χ0n) is 32.5. The van der Waals surface area contributed by atoms with E-state index in [-0.39, 0.29) is 48.9 Å². The molecule has 0 saturated carbocycles. The number of aromatic hydroxyl groups is 1. The van der Waals surface area contributed by atoms with E-state index in [1.165, 1.54) is 18.2 Å². The smallest absolute Gasteiger partial charge is 0.294 e. The molecule has 0 aliphatic heterocycles. The molecule has 312 valence electrons. The van der Waals surface area contributed by atoms with Crippen molar-refractivity contribution in [1.82, 2.24) is 0 Å². The molecule has 0 unspecified atom stereocenters. The summed E-state index contributed by atoms with van der Waals surface area (Å²) in [5.41, 5.74) is 9.11. The summed E-state index contributed by atoms with van der Waals surface area (Å²) >= 11 is 0. The molecule has 57 heavy (non-hydrogen) atoms. The van der Waals surface area contributed by atoms with E-state index in [0.29, 0.717) is 116 Å². The van der Waals surface area contributed by atoms with Gasteiger partial charge in [0.2, 0.25) is 0 Å². The van der Waals surface area contributed by atoms with Crippen molar-refractivity contribution in [3.8, 4) is 11.5 Å². The summed E-state index contributed by atoms with van der Waals surface area (Å²) in [7, 11) is -1.31. The maximum absolute atomic E-state index is 12.1. The Labute approximate surface area is 332 Å². The fraction of sp³-hybridized carbons (Fsp3) is 0.425.